The Hall–Kier alpha value is -2.62. The molecule has 0 aliphatic carbocycles. The summed E-state index contributed by atoms with van der Waals surface area (Å²) in [6.45, 7) is 1.49. The van der Waals surface area contributed by atoms with Crippen molar-refractivity contribution < 1.29 is 14.4 Å². The summed E-state index contributed by atoms with van der Waals surface area (Å²) in [4.78, 5) is 13.3. The van der Waals surface area contributed by atoms with E-state index in [0.717, 1.165) is 24.2 Å². The fourth-order valence-electron chi connectivity index (χ4n) is 2.08. The zero-order valence-corrected chi connectivity index (χ0v) is 12.2. The largest absolute Gasteiger partial charge is 0.451 e. The Kier molecular flexibility index (Phi) is 5.31. The highest BCUT2D eigenvalue weighted by atomic mass is 16.5. The molecular formula is C16H17N3O3. The molecule has 0 spiro atoms. The van der Waals surface area contributed by atoms with Gasteiger partial charge in [0.15, 0.2) is 5.76 Å². The standard InChI is InChI=1S/C16H17N3O3/c1-19(10-2-9-17)11-12-3-5-13(6-4-12)14-7-8-15(22-14)16(20)18-21/h3-8,21H,2,10-11H2,1H3,(H,18,20). The van der Waals surface area contributed by atoms with E-state index in [2.05, 4.69) is 11.0 Å². The first-order chi connectivity index (χ1) is 10.6. The lowest BCUT2D eigenvalue weighted by atomic mass is 10.1. The van der Waals surface area contributed by atoms with Gasteiger partial charge in [0.25, 0.3) is 0 Å². The maximum Gasteiger partial charge on any atom is 0.310 e. The summed E-state index contributed by atoms with van der Waals surface area (Å²) in [5.74, 6) is -0.0669. The van der Waals surface area contributed by atoms with E-state index in [1.165, 1.54) is 11.5 Å². The van der Waals surface area contributed by atoms with Crippen LogP contribution in [0.1, 0.15) is 22.5 Å². The number of carbonyl (C=O) groups is 1. The van der Waals surface area contributed by atoms with Crippen LogP contribution in [-0.4, -0.2) is 29.6 Å². The minimum Gasteiger partial charge on any atom is -0.451 e. The molecule has 1 amide bonds. The third-order valence-electron chi connectivity index (χ3n) is 3.23. The van der Waals surface area contributed by atoms with Crippen molar-refractivity contribution in [1.82, 2.24) is 10.4 Å². The van der Waals surface area contributed by atoms with Gasteiger partial charge in [0.1, 0.15) is 5.76 Å². The second-order valence-corrected chi connectivity index (χ2v) is 4.95. The normalized spacial score (nSPS) is 10.5. The molecule has 22 heavy (non-hydrogen) atoms. The van der Waals surface area contributed by atoms with Crippen LogP contribution in [0.5, 0.6) is 0 Å². The molecule has 1 aromatic heterocycles. The second-order valence-electron chi connectivity index (χ2n) is 4.95. The number of nitrogens with zero attached hydrogens (tertiary/aromatic N) is 2. The summed E-state index contributed by atoms with van der Waals surface area (Å²) in [6, 6.07) is 13.1. The minimum atomic E-state index is -0.679. The Balaban J connectivity index is 2.04. The lowest BCUT2D eigenvalue weighted by Crippen LogP contribution is -2.18. The molecule has 2 N–H and O–H groups in total. The van der Waals surface area contributed by atoms with Crippen LogP contribution >= 0.6 is 0 Å². The molecule has 0 fully saturated rings. The van der Waals surface area contributed by atoms with Crippen LogP contribution in [0.15, 0.2) is 40.8 Å². The van der Waals surface area contributed by atoms with Gasteiger partial charge in [-0.3, -0.25) is 10.0 Å². The van der Waals surface area contributed by atoms with Gasteiger partial charge in [-0.1, -0.05) is 24.3 Å². The molecule has 0 bridgehead atoms. The molecular weight excluding hydrogens is 282 g/mol. The number of hydrogen-bond donors (Lipinski definition) is 2. The minimum absolute atomic E-state index is 0.0535. The topological polar surface area (TPSA) is 89.5 Å². The Morgan fingerprint density at radius 3 is 2.68 bits per heavy atom. The van der Waals surface area contributed by atoms with Crippen molar-refractivity contribution in [3.63, 3.8) is 0 Å². The van der Waals surface area contributed by atoms with E-state index in [4.69, 9.17) is 14.9 Å². The molecule has 0 atom stereocenters. The molecule has 0 unspecified atom stereocenters. The van der Waals surface area contributed by atoms with Crippen molar-refractivity contribution >= 4 is 5.91 Å². The average Bonchev–Trinajstić information content (AvgIpc) is 3.03. The zero-order valence-electron chi connectivity index (χ0n) is 12.2. The van der Waals surface area contributed by atoms with E-state index < -0.39 is 5.91 Å². The molecule has 0 aliphatic heterocycles. The lowest BCUT2D eigenvalue weighted by Gasteiger charge is -2.14. The summed E-state index contributed by atoms with van der Waals surface area (Å²) in [6.07, 6.45) is 0.511. The van der Waals surface area contributed by atoms with Gasteiger partial charge in [0, 0.05) is 25.1 Å². The number of amides is 1. The lowest BCUT2D eigenvalue weighted by molar-refractivity contribution is 0.0677. The van der Waals surface area contributed by atoms with Crippen LogP contribution in [0.4, 0.5) is 0 Å². The molecule has 1 heterocycles. The quantitative estimate of drug-likeness (QED) is 0.631. The second kappa shape index (κ2) is 7.41. The van der Waals surface area contributed by atoms with Gasteiger partial charge >= 0.3 is 5.91 Å². The van der Waals surface area contributed by atoms with Gasteiger partial charge in [0.05, 0.1) is 6.07 Å². The van der Waals surface area contributed by atoms with Crippen molar-refractivity contribution in [2.45, 2.75) is 13.0 Å². The van der Waals surface area contributed by atoms with E-state index in [-0.39, 0.29) is 5.76 Å². The number of hydroxylamine groups is 1. The van der Waals surface area contributed by atoms with E-state index in [0.29, 0.717) is 12.2 Å². The van der Waals surface area contributed by atoms with E-state index >= 15 is 0 Å². The van der Waals surface area contributed by atoms with Crippen molar-refractivity contribution in [1.29, 1.82) is 5.26 Å². The summed E-state index contributed by atoms with van der Waals surface area (Å²) in [5, 5.41) is 17.1. The number of nitriles is 1. The first-order valence-electron chi connectivity index (χ1n) is 6.83. The molecule has 0 saturated heterocycles. The van der Waals surface area contributed by atoms with Gasteiger partial charge in [-0.15, -0.1) is 0 Å². The van der Waals surface area contributed by atoms with Crippen molar-refractivity contribution in [2.75, 3.05) is 13.6 Å². The van der Waals surface area contributed by atoms with Crippen LogP contribution in [-0.2, 0) is 6.54 Å². The molecule has 0 aliphatic rings. The number of carbonyl (C=O) groups excluding carboxylic acids is 1. The molecule has 0 radical (unpaired) electrons. The van der Waals surface area contributed by atoms with Crippen LogP contribution in [0.3, 0.4) is 0 Å². The average molecular weight is 299 g/mol. The number of benzene rings is 1. The van der Waals surface area contributed by atoms with Crippen molar-refractivity contribution in [2.24, 2.45) is 0 Å². The molecule has 2 rings (SSSR count). The highest BCUT2D eigenvalue weighted by Crippen LogP contribution is 2.22. The first kappa shape index (κ1) is 15.8. The molecule has 114 valence electrons. The molecule has 2 aromatic rings. The van der Waals surface area contributed by atoms with E-state index in [1.54, 1.807) is 6.07 Å². The van der Waals surface area contributed by atoms with Gasteiger partial charge in [-0.2, -0.15) is 5.26 Å². The maximum atomic E-state index is 11.2. The fraction of sp³-hybridized carbons (Fsp3) is 0.250. The molecule has 6 nitrogen and oxygen atoms in total. The summed E-state index contributed by atoms with van der Waals surface area (Å²) < 4.78 is 5.38. The highest BCUT2D eigenvalue weighted by molar-refractivity contribution is 5.91. The third-order valence-corrected chi connectivity index (χ3v) is 3.23. The Morgan fingerprint density at radius 2 is 2.05 bits per heavy atom. The number of rotatable bonds is 6. The van der Waals surface area contributed by atoms with Crippen LogP contribution in [0.2, 0.25) is 0 Å². The van der Waals surface area contributed by atoms with Crippen molar-refractivity contribution in [3.8, 4) is 17.4 Å². The Morgan fingerprint density at radius 1 is 1.32 bits per heavy atom. The molecule has 1 aromatic carbocycles. The number of furan rings is 1. The smallest absolute Gasteiger partial charge is 0.310 e. The van der Waals surface area contributed by atoms with Gasteiger partial charge in [-0.05, 0) is 24.7 Å². The van der Waals surface area contributed by atoms with Crippen LogP contribution in [0.25, 0.3) is 11.3 Å². The third kappa shape index (κ3) is 3.95. The first-order valence-corrected chi connectivity index (χ1v) is 6.83. The SMILES string of the molecule is CN(CCC#N)Cc1ccc(-c2ccc(C(=O)NO)o2)cc1. The zero-order chi connectivity index (χ0) is 15.9. The van der Waals surface area contributed by atoms with Gasteiger partial charge in [-0.25, -0.2) is 5.48 Å². The highest BCUT2D eigenvalue weighted by Gasteiger charge is 2.11. The summed E-state index contributed by atoms with van der Waals surface area (Å²) in [5.41, 5.74) is 3.51. The Bertz CT molecular complexity index is 671. The number of hydrogen-bond acceptors (Lipinski definition) is 5. The Labute approximate surface area is 128 Å². The number of nitrogens with one attached hydrogen (secondary N) is 1. The summed E-state index contributed by atoms with van der Waals surface area (Å²) >= 11 is 0. The predicted molar refractivity (Wildman–Crippen MR) is 80.0 cm³/mol. The van der Waals surface area contributed by atoms with Gasteiger partial charge in [0.2, 0.25) is 0 Å². The van der Waals surface area contributed by atoms with Gasteiger partial charge < -0.3 is 9.32 Å². The molecule has 0 saturated carbocycles. The molecule has 6 heteroatoms. The summed E-state index contributed by atoms with van der Waals surface area (Å²) in [7, 11) is 1.97. The van der Waals surface area contributed by atoms with Crippen LogP contribution < -0.4 is 5.48 Å². The maximum absolute atomic E-state index is 11.2. The monoisotopic (exact) mass is 299 g/mol. The van der Waals surface area contributed by atoms with E-state index in [9.17, 15) is 4.79 Å². The van der Waals surface area contributed by atoms with E-state index in [1.807, 2.05) is 31.3 Å². The van der Waals surface area contributed by atoms with Crippen molar-refractivity contribution in [3.05, 3.63) is 47.7 Å². The predicted octanol–water partition coefficient (Wildman–Crippen LogP) is 2.41. The fourth-order valence-corrected chi connectivity index (χ4v) is 2.08. The van der Waals surface area contributed by atoms with Crippen LogP contribution in [0, 0.1) is 11.3 Å².